The van der Waals surface area contributed by atoms with Gasteiger partial charge in [-0.25, -0.2) is 0 Å². The van der Waals surface area contributed by atoms with Crippen LogP contribution in [0.15, 0.2) is 28.1 Å². The van der Waals surface area contributed by atoms with E-state index in [4.69, 9.17) is 11.6 Å². The molecule has 5 nitrogen and oxygen atoms in total. The molecule has 0 amide bonds. The van der Waals surface area contributed by atoms with Crippen LogP contribution in [0.25, 0.3) is 0 Å². The van der Waals surface area contributed by atoms with E-state index < -0.39 is 0 Å². The van der Waals surface area contributed by atoms with Gasteiger partial charge in [-0.15, -0.1) is 0 Å². The molecule has 0 rings (SSSR count). The van der Waals surface area contributed by atoms with Gasteiger partial charge in [0.2, 0.25) is 0 Å². The third-order valence-corrected chi connectivity index (χ3v) is 2.38. The van der Waals surface area contributed by atoms with Crippen LogP contribution in [0.4, 0.5) is 0 Å². The molecule has 0 spiro atoms. The number of nitrogens with one attached hydrogen (secondary N) is 1. The van der Waals surface area contributed by atoms with E-state index in [1.807, 2.05) is 6.92 Å². The Bertz CT molecular complexity index is 318. The lowest BCUT2D eigenvalue weighted by Gasteiger charge is -2.11. The molecule has 0 bridgehead atoms. The van der Waals surface area contributed by atoms with Crippen LogP contribution in [0.1, 0.15) is 33.6 Å². The first-order valence-electron chi connectivity index (χ1n) is 5.79. The molecule has 0 aliphatic rings. The molecule has 0 aliphatic carbocycles. The zero-order chi connectivity index (χ0) is 13.3. The molecular weight excluding hydrogens is 216 g/mol. The molecule has 0 aromatic heterocycles. The molecule has 0 aromatic carbocycles. The second kappa shape index (κ2) is 8.64. The lowest BCUT2D eigenvalue weighted by Crippen LogP contribution is -2.27. The van der Waals surface area contributed by atoms with Gasteiger partial charge < -0.3 is 15.9 Å². The van der Waals surface area contributed by atoms with Crippen molar-refractivity contribution in [3.8, 4) is 0 Å². The molecule has 0 heterocycles. The first-order chi connectivity index (χ1) is 8.06. The summed E-state index contributed by atoms with van der Waals surface area (Å²) in [5.41, 5.74) is 7.41. The number of nitrogens with two attached hydrogens (primary N) is 2. The summed E-state index contributed by atoms with van der Waals surface area (Å²) in [6, 6.07) is 0. The van der Waals surface area contributed by atoms with Gasteiger partial charge in [-0.2, -0.15) is 5.90 Å². The van der Waals surface area contributed by atoms with Crippen molar-refractivity contribution in [2.75, 3.05) is 13.6 Å². The Morgan fingerprint density at radius 3 is 2.53 bits per heavy atom. The molecular formula is C12H24N4O. The van der Waals surface area contributed by atoms with E-state index in [9.17, 15) is 0 Å². The number of amidine groups is 1. The van der Waals surface area contributed by atoms with Crippen molar-refractivity contribution in [1.29, 1.82) is 0 Å². The standard InChI is InChI=1S/C12H24N4O/c1-5-6-7-16-12(15-4)10(3)11(13)8-9(2)17-14/h8H,5-7,13-14H2,1-4H3,(H,15,16)/b9-8+,11-10-. The Morgan fingerprint density at radius 2 is 2.06 bits per heavy atom. The van der Waals surface area contributed by atoms with E-state index >= 15 is 0 Å². The number of nitrogens with zero attached hydrogens (tertiary/aromatic N) is 1. The summed E-state index contributed by atoms with van der Waals surface area (Å²) in [5.74, 6) is 6.40. The molecule has 17 heavy (non-hydrogen) atoms. The number of allylic oxidation sites excluding steroid dienone is 2. The van der Waals surface area contributed by atoms with Gasteiger partial charge >= 0.3 is 0 Å². The van der Waals surface area contributed by atoms with Crippen molar-refractivity contribution >= 4 is 5.84 Å². The van der Waals surface area contributed by atoms with E-state index in [1.54, 1.807) is 20.0 Å². The van der Waals surface area contributed by atoms with Crippen LogP contribution in [-0.4, -0.2) is 19.4 Å². The maximum atomic E-state index is 5.92. The quantitative estimate of drug-likeness (QED) is 0.164. The van der Waals surface area contributed by atoms with Crippen LogP contribution in [0, 0.1) is 0 Å². The Balaban J connectivity index is 4.72. The fourth-order valence-corrected chi connectivity index (χ4v) is 1.26. The number of rotatable bonds is 6. The van der Waals surface area contributed by atoms with Crippen molar-refractivity contribution in [2.24, 2.45) is 16.6 Å². The van der Waals surface area contributed by atoms with E-state index in [-0.39, 0.29) is 0 Å². The molecule has 0 aromatic rings. The van der Waals surface area contributed by atoms with Crippen LogP contribution in [-0.2, 0) is 4.84 Å². The fraction of sp³-hybridized carbons (Fsp3) is 0.583. The smallest absolute Gasteiger partial charge is 0.125 e. The third kappa shape index (κ3) is 5.97. The molecule has 0 atom stereocenters. The summed E-state index contributed by atoms with van der Waals surface area (Å²) in [6.45, 7) is 6.69. The molecule has 98 valence electrons. The predicted octanol–water partition coefficient (Wildman–Crippen LogP) is 1.43. The van der Waals surface area contributed by atoms with Crippen LogP contribution < -0.4 is 16.9 Å². The Labute approximate surface area is 104 Å². The number of aliphatic imine (C=N–C) groups is 1. The van der Waals surface area contributed by atoms with Crippen molar-refractivity contribution in [1.82, 2.24) is 5.32 Å². The first kappa shape index (κ1) is 15.5. The van der Waals surface area contributed by atoms with Crippen molar-refractivity contribution < 1.29 is 4.84 Å². The van der Waals surface area contributed by atoms with Gasteiger partial charge in [0.1, 0.15) is 11.6 Å². The van der Waals surface area contributed by atoms with Gasteiger partial charge in [-0.3, -0.25) is 4.99 Å². The normalized spacial score (nSPS) is 14.4. The summed E-state index contributed by atoms with van der Waals surface area (Å²) in [7, 11) is 1.74. The molecule has 5 heteroatoms. The van der Waals surface area contributed by atoms with Gasteiger partial charge in [0.15, 0.2) is 0 Å². The van der Waals surface area contributed by atoms with Crippen molar-refractivity contribution in [2.45, 2.75) is 33.6 Å². The molecule has 0 fully saturated rings. The lowest BCUT2D eigenvalue weighted by atomic mass is 10.2. The van der Waals surface area contributed by atoms with Gasteiger partial charge in [-0.1, -0.05) is 13.3 Å². The first-order valence-corrected chi connectivity index (χ1v) is 5.79. The molecule has 0 saturated heterocycles. The van der Waals surface area contributed by atoms with Crippen LogP contribution in [0.5, 0.6) is 0 Å². The highest BCUT2D eigenvalue weighted by Gasteiger charge is 2.04. The average molecular weight is 240 g/mol. The van der Waals surface area contributed by atoms with Gasteiger partial charge in [0, 0.05) is 30.9 Å². The molecule has 0 saturated carbocycles. The van der Waals surface area contributed by atoms with Crippen LogP contribution in [0.2, 0.25) is 0 Å². The minimum atomic E-state index is 0.561. The highest BCUT2D eigenvalue weighted by molar-refractivity contribution is 5.98. The van der Waals surface area contributed by atoms with E-state index in [0.29, 0.717) is 11.5 Å². The SMILES string of the molecule is CCCCNC(=NC)/C(C)=C(N)/C=C(\C)ON. The maximum Gasteiger partial charge on any atom is 0.125 e. The van der Waals surface area contributed by atoms with Gasteiger partial charge in [0.25, 0.3) is 0 Å². The monoisotopic (exact) mass is 240 g/mol. The zero-order valence-electron chi connectivity index (χ0n) is 11.2. The van der Waals surface area contributed by atoms with E-state index in [1.165, 1.54) is 0 Å². The van der Waals surface area contributed by atoms with Crippen LogP contribution >= 0.6 is 0 Å². The molecule has 5 N–H and O–H groups in total. The minimum Gasteiger partial charge on any atom is -0.416 e. The second-order valence-electron chi connectivity index (χ2n) is 3.81. The third-order valence-electron chi connectivity index (χ3n) is 2.38. The summed E-state index contributed by atoms with van der Waals surface area (Å²) < 4.78 is 0. The second-order valence-corrected chi connectivity index (χ2v) is 3.81. The van der Waals surface area contributed by atoms with E-state index in [2.05, 4.69) is 22.1 Å². The van der Waals surface area contributed by atoms with E-state index in [0.717, 1.165) is 30.8 Å². The summed E-state index contributed by atoms with van der Waals surface area (Å²) >= 11 is 0. The predicted molar refractivity (Wildman–Crippen MR) is 72.2 cm³/mol. The largest absolute Gasteiger partial charge is 0.416 e. The highest BCUT2D eigenvalue weighted by Crippen LogP contribution is 2.04. The molecule has 0 unspecified atom stereocenters. The topological polar surface area (TPSA) is 85.7 Å². The average Bonchev–Trinajstić information content (AvgIpc) is 2.33. The number of hydrogen-bond acceptors (Lipinski definition) is 4. The highest BCUT2D eigenvalue weighted by atomic mass is 16.6. The van der Waals surface area contributed by atoms with Gasteiger partial charge in [-0.05, 0) is 20.3 Å². The lowest BCUT2D eigenvalue weighted by molar-refractivity contribution is 0.222. The Hall–Kier alpha value is -1.49. The zero-order valence-corrected chi connectivity index (χ0v) is 11.2. The maximum absolute atomic E-state index is 5.92. The molecule has 0 aliphatic heterocycles. The number of unbranched alkanes of at least 4 members (excludes halogenated alkanes) is 1. The fourth-order valence-electron chi connectivity index (χ4n) is 1.26. The number of hydrogen-bond donors (Lipinski definition) is 3. The summed E-state index contributed by atoms with van der Waals surface area (Å²) in [6.07, 6.45) is 3.93. The van der Waals surface area contributed by atoms with Crippen molar-refractivity contribution in [3.63, 3.8) is 0 Å². The summed E-state index contributed by atoms with van der Waals surface area (Å²) in [5, 5.41) is 3.25. The van der Waals surface area contributed by atoms with Crippen molar-refractivity contribution in [3.05, 3.63) is 23.1 Å². The molecule has 0 radical (unpaired) electrons. The minimum absolute atomic E-state index is 0.561. The Kier molecular flexibility index (Phi) is 7.88. The summed E-state index contributed by atoms with van der Waals surface area (Å²) in [4.78, 5) is 8.75. The van der Waals surface area contributed by atoms with Gasteiger partial charge in [0.05, 0.1) is 0 Å². The van der Waals surface area contributed by atoms with Crippen LogP contribution in [0.3, 0.4) is 0 Å². The Morgan fingerprint density at radius 1 is 1.41 bits per heavy atom.